The molecule has 1 N–H and O–H groups in total. The first-order valence-corrected chi connectivity index (χ1v) is 7.88. The van der Waals surface area contributed by atoms with Crippen molar-refractivity contribution >= 4 is 33.7 Å². The predicted octanol–water partition coefficient (Wildman–Crippen LogP) is 4.43. The molecule has 1 aliphatic rings. The van der Waals surface area contributed by atoms with Crippen molar-refractivity contribution in [3.05, 3.63) is 28.7 Å². The Labute approximate surface area is 120 Å². The third-order valence-corrected chi connectivity index (χ3v) is 5.37. The second-order valence-corrected chi connectivity index (χ2v) is 7.20. The van der Waals surface area contributed by atoms with Gasteiger partial charge in [-0.15, -0.1) is 11.8 Å². The van der Waals surface area contributed by atoms with E-state index in [0.717, 1.165) is 28.6 Å². The van der Waals surface area contributed by atoms with Crippen LogP contribution in [-0.2, 0) is 4.79 Å². The Kier molecular flexibility index (Phi) is 4.73. The molecule has 0 radical (unpaired) electrons. The maximum Gasteiger partial charge on any atom is 0.307 e. The summed E-state index contributed by atoms with van der Waals surface area (Å²) in [6, 6.07) is 8.11. The van der Waals surface area contributed by atoms with Gasteiger partial charge in [-0.3, -0.25) is 4.79 Å². The molecule has 1 fully saturated rings. The van der Waals surface area contributed by atoms with Gasteiger partial charge in [-0.25, -0.2) is 0 Å². The van der Waals surface area contributed by atoms with E-state index in [1.807, 2.05) is 24.3 Å². The van der Waals surface area contributed by atoms with Gasteiger partial charge >= 0.3 is 5.97 Å². The van der Waals surface area contributed by atoms with Crippen molar-refractivity contribution in [2.75, 3.05) is 0 Å². The monoisotopic (exact) mass is 328 g/mol. The van der Waals surface area contributed by atoms with Gasteiger partial charge in [0.05, 0.1) is 5.92 Å². The molecule has 0 bridgehead atoms. The molecular formula is C14H17BrO2S. The number of aliphatic carboxylic acids is 1. The molecule has 98 valence electrons. The molecule has 3 atom stereocenters. The summed E-state index contributed by atoms with van der Waals surface area (Å²) in [4.78, 5) is 12.5. The molecule has 0 heterocycles. The molecule has 0 amide bonds. The molecule has 3 unspecified atom stereocenters. The van der Waals surface area contributed by atoms with Gasteiger partial charge < -0.3 is 5.11 Å². The van der Waals surface area contributed by atoms with Gasteiger partial charge in [-0.1, -0.05) is 22.9 Å². The summed E-state index contributed by atoms with van der Waals surface area (Å²) in [5.41, 5.74) is 0. The molecule has 0 spiro atoms. The van der Waals surface area contributed by atoms with Crippen molar-refractivity contribution in [3.63, 3.8) is 0 Å². The van der Waals surface area contributed by atoms with Crippen LogP contribution in [0, 0.1) is 11.8 Å². The standard InChI is InChI=1S/C14H17BrO2S/c1-9-2-7-12(14(16)17)13(8-9)18-11-5-3-10(15)4-6-11/h3-6,9,12-13H,2,7-8H2,1H3,(H,16,17). The summed E-state index contributed by atoms with van der Waals surface area (Å²) < 4.78 is 1.05. The second-order valence-electron chi connectivity index (χ2n) is 4.97. The quantitative estimate of drug-likeness (QED) is 0.891. The lowest BCUT2D eigenvalue weighted by molar-refractivity contribution is -0.142. The van der Waals surface area contributed by atoms with Crippen LogP contribution >= 0.6 is 27.7 Å². The van der Waals surface area contributed by atoms with Gasteiger partial charge in [-0.2, -0.15) is 0 Å². The van der Waals surface area contributed by atoms with Crippen LogP contribution in [0.15, 0.2) is 33.6 Å². The normalized spacial score (nSPS) is 28.0. The van der Waals surface area contributed by atoms with Crippen LogP contribution in [0.3, 0.4) is 0 Å². The topological polar surface area (TPSA) is 37.3 Å². The molecule has 1 aromatic rings. The van der Waals surface area contributed by atoms with Crippen molar-refractivity contribution in [1.82, 2.24) is 0 Å². The SMILES string of the molecule is CC1CCC(C(=O)O)C(Sc2ccc(Br)cc2)C1. The number of hydrogen-bond acceptors (Lipinski definition) is 2. The molecule has 0 saturated heterocycles. The molecule has 4 heteroatoms. The molecule has 1 aliphatic carbocycles. The predicted molar refractivity (Wildman–Crippen MR) is 77.9 cm³/mol. The fourth-order valence-electron chi connectivity index (χ4n) is 2.43. The third kappa shape index (κ3) is 3.51. The van der Waals surface area contributed by atoms with E-state index in [9.17, 15) is 9.90 Å². The van der Waals surface area contributed by atoms with Gasteiger partial charge in [0.25, 0.3) is 0 Å². The zero-order valence-corrected chi connectivity index (χ0v) is 12.7. The summed E-state index contributed by atoms with van der Waals surface area (Å²) >= 11 is 5.12. The number of carboxylic acids is 1. The maximum atomic E-state index is 11.3. The molecule has 1 aromatic carbocycles. The Bertz CT molecular complexity index is 418. The van der Waals surface area contributed by atoms with Crippen molar-refractivity contribution in [3.8, 4) is 0 Å². The van der Waals surface area contributed by atoms with E-state index in [2.05, 4.69) is 22.9 Å². The maximum absolute atomic E-state index is 11.3. The van der Waals surface area contributed by atoms with Crippen LogP contribution in [-0.4, -0.2) is 16.3 Å². The van der Waals surface area contributed by atoms with Gasteiger partial charge in [0, 0.05) is 14.6 Å². The molecular weight excluding hydrogens is 312 g/mol. The Balaban J connectivity index is 2.08. The largest absolute Gasteiger partial charge is 0.481 e. The highest BCUT2D eigenvalue weighted by atomic mass is 79.9. The van der Waals surface area contributed by atoms with E-state index >= 15 is 0 Å². The van der Waals surface area contributed by atoms with Gasteiger partial charge in [0.2, 0.25) is 0 Å². The minimum absolute atomic E-state index is 0.199. The lowest BCUT2D eigenvalue weighted by Crippen LogP contribution is -2.31. The van der Waals surface area contributed by atoms with E-state index in [1.54, 1.807) is 11.8 Å². The van der Waals surface area contributed by atoms with Gasteiger partial charge in [0.15, 0.2) is 0 Å². The minimum Gasteiger partial charge on any atom is -0.481 e. The third-order valence-electron chi connectivity index (χ3n) is 3.47. The highest BCUT2D eigenvalue weighted by molar-refractivity contribution is 9.10. The highest BCUT2D eigenvalue weighted by Gasteiger charge is 2.34. The zero-order valence-electron chi connectivity index (χ0n) is 10.3. The zero-order chi connectivity index (χ0) is 13.1. The molecule has 0 aromatic heterocycles. The first-order valence-electron chi connectivity index (χ1n) is 6.21. The smallest absolute Gasteiger partial charge is 0.307 e. The fraction of sp³-hybridized carbons (Fsp3) is 0.500. The average Bonchev–Trinajstić information content (AvgIpc) is 2.32. The van der Waals surface area contributed by atoms with Crippen LogP contribution in [0.1, 0.15) is 26.2 Å². The Morgan fingerprint density at radius 3 is 2.61 bits per heavy atom. The van der Waals surface area contributed by atoms with Crippen molar-refractivity contribution in [2.24, 2.45) is 11.8 Å². The Morgan fingerprint density at radius 2 is 2.00 bits per heavy atom. The summed E-state index contributed by atoms with van der Waals surface area (Å²) in [6.45, 7) is 2.22. The van der Waals surface area contributed by atoms with Crippen LogP contribution in [0.2, 0.25) is 0 Å². The summed E-state index contributed by atoms with van der Waals surface area (Å²) in [7, 11) is 0. The first-order chi connectivity index (χ1) is 8.56. The van der Waals surface area contributed by atoms with E-state index in [1.165, 1.54) is 0 Å². The van der Waals surface area contributed by atoms with Gasteiger partial charge in [0.1, 0.15) is 0 Å². The summed E-state index contributed by atoms with van der Waals surface area (Å²) in [5.74, 6) is -0.208. The van der Waals surface area contributed by atoms with Crippen LogP contribution in [0.5, 0.6) is 0 Å². The number of halogens is 1. The number of benzene rings is 1. The molecule has 18 heavy (non-hydrogen) atoms. The van der Waals surface area contributed by atoms with E-state index in [4.69, 9.17) is 0 Å². The summed E-state index contributed by atoms with van der Waals surface area (Å²) in [5, 5.41) is 9.50. The highest BCUT2D eigenvalue weighted by Crippen LogP contribution is 2.40. The molecule has 0 aliphatic heterocycles. The van der Waals surface area contributed by atoms with Gasteiger partial charge in [-0.05, 0) is 49.4 Å². The molecule has 1 saturated carbocycles. The van der Waals surface area contributed by atoms with Crippen LogP contribution in [0.4, 0.5) is 0 Å². The average molecular weight is 329 g/mol. The Hall–Kier alpha value is -0.480. The second kappa shape index (κ2) is 6.11. The fourth-order valence-corrected chi connectivity index (χ4v) is 4.18. The lowest BCUT2D eigenvalue weighted by atomic mass is 9.82. The molecule has 2 rings (SSSR count). The number of thioether (sulfide) groups is 1. The Morgan fingerprint density at radius 1 is 1.33 bits per heavy atom. The number of hydrogen-bond donors (Lipinski definition) is 1. The van der Waals surface area contributed by atoms with E-state index in [-0.39, 0.29) is 11.2 Å². The lowest BCUT2D eigenvalue weighted by Gasteiger charge is -2.31. The van der Waals surface area contributed by atoms with E-state index in [0.29, 0.717) is 5.92 Å². The van der Waals surface area contributed by atoms with E-state index < -0.39 is 5.97 Å². The van der Waals surface area contributed by atoms with Crippen LogP contribution < -0.4 is 0 Å². The number of carbonyl (C=O) groups is 1. The van der Waals surface area contributed by atoms with Crippen molar-refractivity contribution in [1.29, 1.82) is 0 Å². The number of carboxylic acid groups (broad SMARTS) is 1. The number of rotatable bonds is 3. The molecule has 2 nitrogen and oxygen atoms in total. The first kappa shape index (κ1) is 13.9. The summed E-state index contributed by atoms with van der Waals surface area (Å²) in [6.07, 6.45) is 2.84. The van der Waals surface area contributed by atoms with Crippen molar-refractivity contribution in [2.45, 2.75) is 36.3 Å². The van der Waals surface area contributed by atoms with Crippen molar-refractivity contribution < 1.29 is 9.90 Å². The minimum atomic E-state index is -0.642. The van der Waals surface area contributed by atoms with Crippen LogP contribution in [0.25, 0.3) is 0 Å².